The molecule has 0 spiro atoms. The predicted octanol–water partition coefficient (Wildman–Crippen LogP) is 5.11. The summed E-state index contributed by atoms with van der Waals surface area (Å²) in [6, 6.07) is 27.2. The molecule has 3 aromatic carbocycles. The van der Waals surface area contributed by atoms with Gasteiger partial charge in [0, 0.05) is 54.3 Å². The van der Waals surface area contributed by atoms with Gasteiger partial charge >= 0.3 is 0 Å². The Kier molecular flexibility index (Phi) is 6.05. The molecule has 1 fully saturated rings. The number of benzene rings is 3. The van der Waals surface area contributed by atoms with Crippen molar-refractivity contribution in [2.75, 3.05) is 26.3 Å². The fourth-order valence-electron chi connectivity index (χ4n) is 4.66. The van der Waals surface area contributed by atoms with E-state index in [1.165, 1.54) is 16.5 Å². The normalized spacial score (nSPS) is 14.4. The maximum absolute atomic E-state index is 5.47. The Morgan fingerprint density at radius 2 is 1.51 bits per heavy atom. The molecule has 1 aliphatic heterocycles. The number of hydrogen-bond donors (Lipinski definition) is 1. The first-order valence-electron chi connectivity index (χ1n) is 12.1. The van der Waals surface area contributed by atoms with E-state index < -0.39 is 0 Å². The molecule has 0 amide bonds. The molecule has 1 saturated heterocycles. The number of nitrogens with one attached hydrogen (secondary N) is 1. The van der Waals surface area contributed by atoms with Crippen molar-refractivity contribution in [2.24, 2.45) is 0 Å². The molecule has 1 aliphatic rings. The van der Waals surface area contributed by atoms with Gasteiger partial charge in [0.1, 0.15) is 11.4 Å². The fourth-order valence-corrected chi connectivity index (χ4v) is 4.66. The summed E-state index contributed by atoms with van der Waals surface area (Å²) in [6.45, 7) is 4.51. The van der Waals surface area contributed by atoms with Crippen molar-refractivity contribution in [2.45, 2.75) is 13.0 Å². The van der Waals surface area contributed by atoms with Crippen LogP contribution in [0.2, 0.25) is 0 Å². The van der Waals surface area contributed by atoms with Gasteiger partial charge in [0.25, 0.3) is 0 Å². The van der Waals surface area contributed by atoms with Crippen LogP contribution < -0.4 is 0 Å². The fraction of sp³-hybridized carbons (Fsp3) is 0.207. The van der Waals surface area contributed by atoms with Gasteiger partial charge in [0.05, 0.1) is 13.2 Å². The summed E-state index contributed by atoms with van der Waals surface area (Å²) in [7, 11) is 0. The van der Waals surface area contributed by atoms with Crippen LogP contribution in [0.4, 0.5) is 0 Å². The van der Waals surface area contributed by atoms with Crippen molar-refractivity contribution in [3.63, 3.8) is 0 Å². The molecule has 5 aromatic rings. The summed E-state index contributed by atoms with van der Waals surface area (Å²) in [6.07, 6.45) is 2.66. The number of H-pyrrole nitrogens is 1. The van der Waals surface area contributed by atoms with Gasteiger partial charge in [-0.2, -0.15) is 0 Å². The average molecular weight is 462 g/mol. The van der Waals surface area contributed by atoms with Gasteiger partial charge in [0.2, 0.25) is 0 Å². The first-order valence-corrected chi connectivity index (χ1v) is 12.1. The summed E-state index contributed by atoms with van der Waals surface area (Å²) in [5.74, 6) is 0.710. The molecule has 0 aliphatic carbocycles. The molecule has 3 heterocycles. The second kappa shape index (κ2) is 9.78. The molecule has 1 N–H and O–H groups in total. The van der Waals surface area contributed by atoms with Crippen molar-refractivity contribution in [3.8, 4) is 22.5 Å². The first kappa shape index (κ1) is 21.6. The van der Waals surface area contributed by atoms with E-state index in [0.717, 1.165) is 60.9 Å². The topological polar surface area (TPSA) is 66.9 Å². The molecule has 0 radical (unpaired) electrons. The Morgan fingerprint density at radius 3 is 2.34 bits per heavy atom. The third-order valence-corrected chi connectivity index (χ3v) is 6.54. The molecule has 0 saturated carbocycles. The van der Waals surface area contributed by atoms with Crippen molar-refractivity contribution in [1.29, 1.82) is 0 Å². The Hall–Kier alpha value is -3.87. The van der Waals surface area contributed by atoms with Crippen LogP contribution in [-0.2, 0) is 17.7 Å². The largest absolute Gasteiger partial charge is 0.379 e. The summed E-state index contributed by atoms with van der Waals surface area (Å²) in [5, 5.41) is 10.4. The van der Waals surface area contributed by atoms with Crippen LogP contribution in [-0.4, -0.2) is 51.4 Å². The molecular weight excluding hydrogens is 434 g/mol. The molecule has 0 unspecified atom stereocenters. The number of hydrogen-bond acceptors (Lipinski definition) is 5. The van der Waals surface area contributed by atoms with Gasteiger partial charge < -0.3 is 9.72 Å². The molecule has 174 valence electrons. The molecule has 6 nitrogen and oxygen atoms in total. The lowest BCUT2D eigenvalue weighted by Gasteiger charge is -2.26. The second-order valence-corrected chi connectivity index (χ2v) is 8.91. The third kappa shape index (κ3) is 4.71. The summed E-state index contributed by atoms with van der Waals surface area (Å²) >= 11 is 0. The number of aromatic amines is 1. The van der Waals surface area contributed by atoms with E-state index in [0.29, 0.717) is 12.2 Å². The minimum atomic E-state index is 0.621. The zero-order valence-corrected chi connectivity index (χ0v) is 19.5. The van der Waals surface area contributed by atoms with Crippen LogP contribution in [0.5, 0.6) is 0 Å². The number of aromatic nitrogens is 4. The number of fused-ring (bicyclic) bond motifs is 1. The molecule has 6 heteroatoms. The summed E-state index contributed by atoms with van der Waals surface area (Å²) < 4.78 is 5.47. The molecule has 35 heavy (non-hydrogen) atoms. The van der Waals surface area contributed by atoms with Crippen LogP contribution in [0.1, 0.15) is 17.0 Å². The van der Waals surface area contributed by atoms with E-state index in [9.17, 15) is 0 Å². The van der Waals surface area contributed by atoms with Crippen LogP contribution in [0.3, 0.4) is 0 Å². The second-order valence-electron chi connectivity index (χ2n) is 8.91. The third-order valence-electron chi connectivity index (χ3n) is 6.54. The smallest absolute Gasteiger partial charge is 0.156 e. The summed E-state index contributed by atoms with van der Waals surface area (Å²) in [4.78, 5) is 10.8. The predicted molar refractivity (Wildman–Crippen MR) is 138 cm³/mol. The monoisotopic (exact) mass is 461 g/mol. The lowest BCUT2D eigenvalue weighted by Crippen LogP contribution is -2.35. The zero-order chi connectivity index (χ0) is 23.5. The highest BCUT2D eigenvalue weighted by Gasteiger charge is 2.16. The number of ether oxygens (including phenoxy) is 1. The van der Waals surface area contributed by atoms with Crippen molar-refractivity contribution < 1.29 is 4.74 Å². The lowest BCUT2D eigenvalue weighted by molar-refractivity contribution is 0.0342. The van der Waals surface area contributed by atoms with Crippen LogP contribution in [0.15, 0.2) is 85.1 Å². The Labute approximate surface area is 204 Å². The highest BCUT2D eigenvalue weighted by Crippen LogP contribution is 2.29. The van der Waals surface area contributed by atoms with Gasteiger partial charge in [0.15, 0.2) is 5.82 Å². The van der Waals surface area contributed by atoms with Gasteiger partial charge in [-0.15, -0.1) is 10.2 Å². The van der Waals surface area contributed by atoms with E-state index in [1.807, 2.05) is 30.5 Å². The minimum Gasteiger partial charge on any atom is -0.379 e. The molecule has 2 aromatic heterocycles. The first-order chi connectivity index (χ1) is 17.3. The van der Waals surface area contributed by atoms with Gasteiger partial charge in [-0.05, 0) is 17.2 Å². The highest BCUT2D eigenvalue weighted by atomic mass is 16.5. The Morgan fingerprint density at radius 1 is 0.771 bits per heavy atom. The lowest BCUT2D eigenvalue weighted by atomic mass is 10.0. The highest BCUT2D eigenvalue weighted by molar-refractivity contribution is 5.83. The van der Waals surface area contributed by atoms with E-state index in [1.54, 1.807) is 0 Å². The minimum absolute atomic E-state index is 0.621. The number of rotatable bonds is 6. The van der Waals surface area contributed by atoms with Crippen molar-refractivity contribution in [3.05, 3.63) is 102 Å². The average Bonchev–Trinajstić information content (AvgIpc) is 3.33. The van der Waals surface area contributed by atoms with Crippen LogP contribution in [0.25, 0.3) is 33.4 Å². The van der Waals surface area contributed by atoms with E-state index in [4.69, 9.17) is 9.72 Å². The molecule has 6 rings (SSSR count). The maximum atomic E-state index is 5.47. The van der Waals surface area contributed by atoms with E-state index in [-0.39, 0.29) is 0 Å². The zero-order valence-electron chi connectivity index (χ0n) is 19.5. The molecular formula is C29H27N5O. The molecule has 0 atom stereocenters. The standard InChI is InChI=1S/C29H27N5O/c1-2-6-22(7-3-1)28-29(23-12-10-21(11-13-23)20-34-14-16-35-17-15-34)33-32-27(31-28)18-24-19-30-26-9-5-4-8-25(24)26/h1-13,19,30H,14-18,20H2. The molecule has 0 bridgehead atoms. The number of nitrogens with zero attached hydrogens (tertiary/aromatic N) is 4. The van der Waals surface area contributed by atoms with Crippen molar-refractivity contribution >= 4 is 10.9 Å². The van der Waals surface area contributed by atoms with E-state index >= 15 is 0 Å². The van der Waals surface area contributed by atoms with Gasteiger partial charge in [-0.25, -0.2) is 4.98 Å². The Balaban J connectivity index is 1.32. The van der Waals surface area contributed by atoms with Gasteiger partial charge in [-0.3, -0.25) is 4.90 Å². The number of para-hydroxylation sites is 1. The van der Waals surface area contributed by atoms with Crippen molar-refractivity contribution in [1.82, 2.24) is 25.1 Å². The van der Waals surface area contributed by atoms with E-state index in [2.05, 4.69) is 74.7 Å². The van der Waals surface area contributed by atoms with Crippen LogP contribution in [0, 0.1) is 0 Å². The quantitative estimate of drug-likeness (QED) is 0.381. The van der Waals surface area contributed by atoms with Crippen LogP contribution >= 0.6 is 0 Å². The number of morpholine rings is 1. The SMILES string of the molecule is c1ccc(-c2nc(Cc3c[nH]c4ccccc34)nnc2-c2ccc(CN3CCOCC3)cc2)cc1. The Bertz CT molecular complexity index is 1420. The summed E-state index contributed by atoms with van der Waals surface area (Å²) in [5.41, 5.74) is 7.29. The van der Waals surface area contributed by atoms with Gasteiger partial charge in [-0.1, -0.05) is 72.8 Å². The maximum Gasteiger partial charge on any atom is 0.156 e.